The maximum Gasteiger partial charge on any atom is 0.243 e. The van der Waals surface area contributed by atoms with Gasteiger partial charge in [-0.1, -0.05) is 26.0 Å². The predicted octanol–water partition coefficient (Wildman–Crippen LogP) is 2.08. The van der Waals surface area contributed by atoms with Crippen LogP contribution in [0.1, 0.15) is 51.0 Å². The van der Waals surface area contributed by atoms with Gasteiger partial charge >= 0.3 is 0 Å². The van der Waals surface area contributed by atoms with Crippen molar-refractivity contribution in [1.82, 2.24) is 14.9 Å². The van der Waals surface area contributed by atoms with Crippen LogP contribution in [0.2, 0.25) is 0 Å². The summed E-state index contributed by atoms with van der Waals surface area (Å²) in [5.74, 6) is 0.484. The maximum atomic E-state index is 13.1. The third-order valence-electron chi connectivity index (χ3n) is 5.59. The van der Waals surface area contributed by atoms with Crippen LogP contribution >= 0.6 is 0 Å². The SMILES string of the molecule is CC(C)c1cccc(S(=O)(=O)N2CCCC(CNC(=O)C3CCCN3)C2)c1. The molecule has 6 nitrogen and oxygen atoms in total. The molecule has 1 aromatic carbocycles. The van der Waals surface area contributed by atoms with Crippen LogP contribution in [0.4, 0.5) is 0 Å². The summed E-state index contributed by atoms with van der Waals surface area (Å²) >= 11 is 0. The lowest BCUT2D eigenvalue weighted by Crippen LogP contribution is -2.46. The molecule has 1 aromatic rings. The van der Waals surface area contributed by atoms with E-state index < -0.39 is 10.0 Å². The summed E-state index contributed by atoms with van der Waals surface area (Å²) in [6.45, 7) is 6.56. The summed E-state index contributed by atoms with van der Waals surface area (Å²) < 4.78 is 27.8. The average Bonchev–Trinajstić information content (AvgIpc) is 3.21. The van der Waals surface area contributed by atoms with Crippen LogP contribution in [0.15, 0.2) is 29.2 Å². The number of hydrogen-bond acceptors (Lipinski definition) is 4. The maximum absolute atomic E-state index is 13.1. The molecule has 0 aliphatic carbocycles. The molecule has 2 heterocycles. The molecule has 150 valence electrons. The second-order valence-corrected chi connectivity index (χ2v) is 9.93. The van der Waals surface area contributed by atoms with E-state index in [1.807, 2.05) is 12.1 Å². The molecule has 2 aliphatic heterocycles. The number of carbonyl (C=O) groups excluding carboxylic acids is 1. The Bertz CT molecular complexity index is 757. The zero-order valence-electron chi connectivity index (χ0n) is 16.3. The molecule has 1 amide bonds. The fourth-order valence-corrected chi connectivity index (χ4v) is 5.48. The summed E-state index contributed by atoms with van der Waals surface area (Å²) in [5, 5.41) is 6.20. The molecule has 2 aliphatic rings. The molecular formula is C20H31N3O3S. The summed E-state index contributed by atoms with van der Waals surface area (Å²) in [6, 6.07) is 7.16. The standard InChI is InChI=1S/C20H31N3O3S/c1-15(2)17-7-3-8-18(12-17)27(25,26)23-11-5-6-16(14-23)13-22-20(24)19-9-4-10-21-19/h3,7-8,12,15-16,19,21H,4-6,9-11,13-14H2,1-2H3,(H,22,24). The highest BCUT2D eigenvalue weighted by Gasteiger charge is 2.31. The Morgan fingerprint density at radius 3 is 2.81 bits per heavy atom. The number of carbonyl (C=O) groups is 1. The smallest absolute Gasteiger partial charge is 0.243 e. The number of benzene rings is 1. The summed E-state index contributed by atoms with van der Waals surface area (Å²) in [4.78, 5) is 12.6. The third kappa shape index (κ3) is 4.89. The number of nitrogens with zero attached hydrogens (tertiary/aromatic N) is 1. The summed E-state index contributed by atoms with van der Waals surface area (Å²) in [7, 11) is -3.50. The van der Waals surface area contributed by atoms with Crippen molar-refractivity contribution in [3.05, 3.63) is 29.8 Å². The number of hydrogen-bond donors (Lipinski definition) is 2. The van der Waals surface area contributed by atoms with Crippen LogP contribution in [0.3, 0.4) is 0 Å². The van der Waals surface area contributed by atoms with Crippen molar-refractivity contribution in [3.8, 4) is 0 Å². The van der Waals surface area contributed by atoms with E-state index in [4.69, 9.17) is 0 Å². The van der Waals surface area contributed by atoms with E-state index in [0.29, 0.717) is 24.5 Å². The number of rotatable bonds is 6. The Morgan fingerprint density at radius 2 is 2.11 bits per heavy atom. The van der Waals surface area contributed by atoms with E-state index in [9.17, 15) is 13.2 Å². The number of sulfonamides is 1. The topological polar surface area (TPSA) is 78.5 Å². The minimum atomic E-state index is -3.50. The highest BCUT2D eigenvalue weighted by Crippen LogP contribution is 2.25. The molecule has 0 spiro atoms. The van der Waals surface area contributed by atoms with Gasteiger partial charge in [0.25, 0.3) is 0 Å². The average molecular weight is 394 g/mol. The van der Waals surface area contributed by atoms with Crippen LogP contribution in [0.5, 0.6) is 0 Å². The molecule has 0 bridgehead atoms. The molecule has 3 rings (SSSR count). The van der Waals surface area contributed by atoms with Gasteiger partial charge in [0.15, 0.2) is 0 Å². The Hall–Kier alpha value is -1.44. The van der Waals surface area contributed by atoms with Gasteiger partial charge in [-0.15, -0.1) is 0 Å². The van der Waals surface area contributed by atoms with Crippen LogP contribution < -0.4 is 10.6 Å². The van der Waals surface area contributed by atoms with Crippen molar-refractivity contribution >= 4 is 15.9 Å². The quantitative estimate of drug-likeness (QED) is 0.776. The summed E-state index contributed by atoms with van der Waals surface area (Å²) in [6.07, 6.45) is 3.67. The first-order valence-corrected chi connectivity index (χ1v) is 11.4. The molecule has 0 saturated carbocycles. The number of nitrogens with one attached hydrogen (secondary N) is 2. The zero-order chi connectivity index (χ0) is 19.4. The predicted molar refractivity (Wildman–Crippen MR) is 106 cm³/mol. The van der Waals surface area contributed by atoms with Gasteiger partial charge in [0.1, 0.15) is 0 Å². The van der Waals surface area contributed by atoms with Crippen molar-refractivity contribution in [2.45, 2.75) is 56.4 Å². The minimum Gasteiger partial charge on any atom is -0.354 e. The van der Waals surface area contributed by atoms with Crippen LogP contribution in [-0.2, 0) is 14.8 Å². The molecule has 7 heteroatoms. The summed E-state index contributed by atoms with van der Waals surface area (Å²) in [5.41, 5.74) is 1.03. The fourth-order valence-electron chi connectivity index (χ4n) is 3.87. The lowest BCUT2D eigenvalue weighted by molar-refractivity contribution is -0.123. The molecular weight excluding hydrogens is 362 g/mol. The van der Waals surface area contributed by atoms with Gasteiger partial charge < -0.3 is 10.6 Å². The van der Waals surface area contributed by atoms with Gasteiger partial charge in [0, 0.05) is 19.6 Å². The van der Waals surface area contributed by atoms with Crippen molar-refractivity contribution in [2.75, 3.05) is 26.2 Å². The van der Waals surface area contributed by atoms with Crippen LogP contribution in [0.25, 0.3) is 0 Å². The van der Waals surface area contributed by atoms with Gasteiger partial charge in [0.2, 0.25) is 15.9 Å². The van der Waals surface area contributed by atoms with Crippen molar-refractivity contribution < 1.29 is 13.2 Å². The van der Waals surface area contributed by atoms with Crippen LogP contribution in [0, 0.1) is 5.92 Å². The Labute approximate surface area is 162 Å². The van der Waals surface area contributed by atoms with Crippen LogP contribution in [-0.4, -0.2) is 50.9 Å². The fraction of sp³-hybridized carbons (Fsp3) is 0.650. The first kappa shape index (κ1) is 20.3. The number of piperidine rings is 1. The van der Waals surface area contributed by atoms with Crippen molar-refractivity contribution in [1.29, 1.82) is 0 Å². The van der Waals surface area contributed by atoms with Gasteiger partial charge in [-0.3, -0.25) is 4.79 Å². The van der Waals surface area contributed by atoms with Crippen molar-refractivity contribution in [3.63, 3.8) is 0 Å². The largest absolute Gasteiger partial charge is 0.354 e. The lowest BCUT2D eigenvalue weighted by atomic mass is 9.99. The van der Waals surface area contributed by atoms with Crippen molar-refractivity contribution in [2.24, 2.45) is 5.92 Å². The van der Waals surface area contributed by atoms with Gasteiger partial charge in [0.05, 0.1) is 10.9 Å². The van der Waals surface area contributed by atoms with E-state index >= 15 is 0 Å². The molecule has 0 aromatic heterocycles. The normalized spacial score (nSPS) is 24.3. The number of amides is 1. The molecule has 2 saturated heterocycles. The molecule has 27 heavy (non-hydrogen) atoms. The Balaban J connectivity index is 1.62. The second kappa shape index (κ2) is 8.71. The molecule has 2 N–H and O–H groups in total. The third-order valence-corrected chi connectivity index (χ3v) is 7.45. The van der Waals surface area contributed by atoms with E-state index in [2.05, 4.69) is 24.5 Å². The Kier molecular flexibility index (Phi) is 6.55. The molecule has 2 fully saturated rings. The molecule has 0 radical (unpaired) electrons. The van der Waals surface area contributed by atoms with E-state index in [-0.39, 0.29) is 23.8 Å². The van der Waals surface area contributed by atoms with Gasteiger partial charge in [-0.05, 0) is 61.8 Å². The van der Waals surface area contributed by atoms with E-state index in [1.54, 1.807) is 16.4 Å². The first-order chi connectivity index (χ1) is 12.9. The Morgan fingerprint density at radius 1 is 1.30 bits per heavy atom. The monoisotopic (exact) mass is 393 g/mol. The lowest BCUT2D eigenvalue weighted by Gasteiger charge is -2.32. The molecule has 2 atom stereocenters. The van der Waals surface area contributed by atoms with E-state index in [0.717, 1.165) is 37.8 Å². The zero-order valence-corrected chi connectivity index (χ0v) is 17.1. The second-order valence-electron chi connectivity index (χ2n) is 7.99. The highest BCUT2D eigenvalue weighted by molar-refractivity contribution is 7.89. The minimum absolute atomic E-state index is 0.0390. The van der Waals surface area contributed by atoms with Gasteiger partial charge in [-0.2, -0.15) is 4.31 Å². The first-order valence-electron chi connectivity index (χ1n) is 9.99. The molecule has 2 unspecified atom stereocenters. The van der Waals surface area contributed by atoms with E-state index in [1.165, 1.54) is 0 Å². The highest BCUT2D eigenvalue weighted by atomic mass is 32.2. The van der Waals surface area contributed by atoms with Gasteiger partial charge in [-0.25, -0.2) is 8.42 Å².